The molecule has 3 unspecified atom stereocenters. The zero-order valence-corrected chi connectivity index (χ0v) is 6.17. The van der Waals surface area contributed by atoms with Crippen LogP contribution >= 0.6 is 9.24 Å². The molecule has 0 aromatic carbocycles. The summed E-state index contributed by atoms with van der Waals surface area (Å²) in [5.41, 5.74) is 6.15. The molecule has 1 nitrogen and oxygen atoms in total. The second-order valence-corrected chi connectivity index (χ2v) is 3.33. The lowest BCUT2D eigenvalue weighted by Gasteiger charge is -2.05. The maximum atomic E-state index is 5.48. The van der Waals surface area contributed by atoms with Gasteiger partial charge in [0.05, 0.1) is 0 Å². The molecule has 0 rings (SSSR count). The highest BCUT2D eigenvalue weighted by Crippen LogP contribution is 2.04. The quantitative estimate of drug-likeness (QED) is 0.539. The van der Waals surface area contributed by atoms with Crippen LogP contribution in [0, 0.1) is 0 Å². The summed E-state index contributed by atoms with van der Waals surface area (Å²) in [6.07, 6.45) is 1.10. The average Bonchev–Trinajstić information content (AvgIpc) is 1.27. The fourth-order valence-electron chi connectivity index (χ4n) is 0.586. The molecule has 3 atom stereocenters. The molecule has 0 spiro atoms. The van der Waals surface area contributed by atoms with Gasteiger partial charge in [0.15, 0.2) is 0 Å². The van der Waals surface area contributed by atoms with Gasteiger partial charge in [0, 0.05) is 6.04 Å². The summed E-state index contributed by atoms with van der Waals surface area (Å²) in [5.74, 6) is 0. The molecule has 0 bridgehead atoms. The van der Waals surface area contributed by atoms with Gasteiger partial charge >= 0.3 is 0 Å². The summed E-state index contributed by atoms with van der Waals surface area (Å²) in [5, 5.41) is 0. The highest BCUT2D eigenvalue weighted by molar-refractivity contribution is 7.17. The summed E-state index contributed by atoms with van der Waals surface area (Å²) < 4.78 is 0. The van der Waals surface area contributed by atoms with Crippen LogP contribution in [-0.4, -0.2) is 11.7 Å². The van der Waals surface area contributed by atoms with Crippen molar-refractivity contribution in [2.24, 2.45) is 5.73 Å². The van der Waals surface area contributed by atoms with Crippen LogP contribution in [-0.2, 0) is 0 Å². The van der Waals surface area contributed by atoms with Crippen molar-refractivity contribution in [2.45, 2.75) is 32.0 Å². The van der Waals surface area contributed by atoms with Gasteiger partial charge in [-0.2, -0.15) is 0 Å². The Morgan fingerprint density at radius 2 is 2.00 bits per heavy atom. The first-order valence-corrected chi connectivity index (χ1v) is 3.30. The van der Waals surface area contributed by atoms with E-state index in [0.29, 0.717) is 11.7 Å². The van der Waals surface area contributed by atoms with Gasteiger partial charge in [-0.05, 0) is 19.0 Å². The van der Waals surface area contributed by atoms with Gasteiger partial charge in [-0.15, -0.1) is 9.24 Å². The van der Waals surface area contributed by atoms with Gasteiger partial charge in [0.25, 0.3) is 0 Å². The highest BCUT2D eigenvalue weighted by Gasteiger charge is 1.96. The van der Waals surface area contributed by atoms with Gasteiger partial charge in [0.1, 0.15) is 0 Å². The minimum Gasteiger partial charge on any atom is -0.328 e. The third kappa shape index (κ3) is 6.39. The normalized spacial score (nSPS) is 18.9. The molecule has 0 aliphatic rings. The summed E-state index contributed by atoms with van der Waals surface area (Å²) in [6.45, 7) is 4.18. The van der Waals surface area contributed by atoms with E-state index in [4.69, 9.17) is 5.73 Å². The lowest BCUT2D eigenvalue weighted by atomic mass is 10.2. The molecule has 2 N–H and O–H groups in total. The van der Waals surface area contributed by atoms with E-state index in [2.05, 4.69) is 16.2 Å². The molecule has 0 heterocycles. The van der Waals surface area contributed by atoms with Crippen molar-refractivity contribution in [1.82, 2.24) is 0 Å². The van der Waals surface area contributed by atoms with Crippen LogP contribution in [0.15, 0.2) is 0 Å². The Labute approximate surface area is 47.9 Å². The first-order valence-electron chi connectivity index (χ1n) is 2.64. The lowest BCUT2D eigenvalue weighted by Crippen LogP contribution is -2.17. The van der Waals surface area contributed by atoms with Gasteiger partial charge in [0.2, 0.25) is 0 Å². The van der Waals surface area contributed by atoms with Crippen LogP contribution in [0.2, 0.25) is 0 Å². The minimum atomic E-state index is 0.354. The molecule has 0 aliphatic carbocycles. The van der Waals surface area contributed by atoms with Gasteiger partial charge < -0.3 is 5.73 Å². The van der Waals surface area contributed by atoms with Crippen LogP contribution in [0.25, 0.3) is 0 Å². The highest BCUT2D eigenvalue weighted by atomic mass is 31.0. The molecular weight excluding hydrogens is 105 g/mol. The Hall–Kier alpha value is 0.390. The standard InChI is InChI=1S/C5H14NP/c1-4(6)3-5(2)7/h4-5H,3,6-7H2,1-2H3. The molecule has 0 saturated carbocycles. The predicted molar refractivity (Wildman–Crippen MR) is 37.4 cm³/mol. The number of rotatable bonds is 2. The molecule has 44 valence electrons. The first kappa shape index (κ1) is 7.39. The Balaban J connectivity index is 2.95. The van der Waals surface area contributed by atoms with Crippen molar-refractivity contribution in [3.8, 4) is 0 Å². The van der Waals surface area contributed by atoms with E-state index >= 15 is 0 Å². The van der Waals surface area contributed by atoms with Crippen LogP contribution in [0.4, 0.5) is 0 Å². The third-order valence-electron chi connectivity index (χ3n) is 0.744. The lowest BCUT2D eigenvalue weighted by molar-refractivity contribution is 0.663. The zero-order valence-electron chi connectivity index (χ0n) is 5.02. The zero-order chi connectivity index (χ0) is 5.86. The number of hydrogen-bond donors (Lipinski definition) is 1. The van der Waals surface area contributed by atoms with Crippen molar-refractivity contribution >= 4 is 9.24 Å². The predicted octanol–water partition coefficient (Wildman–Crippen LogP) is 0.987. The molecule has 2 heteroatoms. The average molecular weight is 119 g/mol. The van der Waals surface area contributed by atoms with E-state index in [1.54, 1.807) is 0 Å². The maximum Gasteiger partial charge on any atom is 0.00162 e. The van der Waals surface area contributed by atoms with Crippen molar-refractivity contribution in [2.75, 3.05) is 0 Å². The molecule has 0 aromatic heterocycles. The Bertz CT molecular complexity index is 37.3. The smallest absolute Gasteiger partial charge is 0.00162 e. The van der Waals surface area contributed by atoms with E-state index < -0.39 is 0 Å². The Morgan fingerprint density at radius 1 is 1.57 bits per heavy atom. The minimum absolute atomic E-state index is 0.354. The summed E-state index contributed by atoms with van der Waals surface area (Å²) >= 11 is 0. The maximum absolute atomic E-state index is 5.48. The second-order valence-electron chi connectivity index (χ2n) is 2.19. The van der Waals surface area contributed by atoms with Crippen LogP contribution in [0.1, 0.15) is 20.3 Å². The van der Waals surface area contributed by atoms with Crippen molar-refractivity contribution in [1.29, 1.82) is 0 Å². The first-order chi connectivity index (χ1) is 3.13. The van der Waals surface area contributed by atoms with Crippen LogP contribution in [0.5, 0.6) is 0 Å². The third-order valence-corrected chi connectivity index (χ3v) is 1.02. The number of nitrogens with two attached hydrogens (primary N) is 1. The van der Waals surface area contributed by atoms with Crippen molar-refractivity contribution in [3.63, 3.8) is 0 Å². The Morgan fingerprint density at radius 3 is 2.00 bits per heavy atom. The van der Waals surface area contributed by atoms with Crippen molar-refractivity contribution < 1.29 is 0 Å². The monoisotopic (exact) mass is 119 g/mol. The second kappa shape index (κ2) is 3.40. The molecule has 0 radical (unpaired) electrons. The fraction of sp³-hybridized carbons (Fsp3) is 1.00. The SMILES string of the molecule is CC(N)CC(C)P. The summed E-state index contributed by atoms with van der Waals surface area (Å²) in [4.78, 5) is 0. The van der Waals surface area contributed by atoms with E-state index in [-0.39, 0.29) is 0 Å². The molecule has 0 aromatic rings. The molecule has 0 fully saturated rings. The van der Waals surface area contributed by atoms with Crippen molar-refractivity contribution in [3.05, 3.63) is 0 Å². The molecular formula is C5H14NP. The summed E-state index contributed by atoms with van der Waals surface area (Å²) in [6, 6.07) is 0.354. The summed E-state index contributed by atoms with van der Waals surface area (Å²) in [7, 11) is 2.72. The van der Waals surface area contributed by atoms with Gasteiger partial charge in [-0.25, -0.2) is 0 Å². The number of hydrogen-bond acceptors (Lipinski definition) is 1. The topological polar surface area (TPSA) is 26.0 Å². The van der Waals surface area contributed by atoms with Gasteiger partial charge in [-0.1, -0.05) is 6.92 Å². The van der Waals surface area contributed by atoms with E-state index in [0.717, 1.165) is 6.42 Å². The van der Waals surface area contributed by atoms with Crippen LogP contribution < -0.4 is 5.73 Å². The van der Waals surface area contributed by atoms with Gasteiger partial charge in [-0.3, -0.25) is 0 Å². The van der Waals surface area contributed by atoms with E-state index in [1.807, 2.05) is 6.92 Å². The molecule has 0 amide bonds. The fourth-order valence-corrected chi connectivity index (χ4v) is 1.02. The largest absolute Gasteiger partial charge is 0.328 e. The van der Waals surface area contributed by atoms with Crippen LogP contribution in [0.3, 0.4) is 0 Å². The molecule has 0 aliphatic heterocycles. The van der Waals surface area contributed by atoms with E-state index in [1.165, 1.54) is 0 Å². The molecule has 0 saturated heterocycles. The Kier molecular flexibility index (Phi) is 3.59. The molecule has 7 heavy (non-hydrogen) atoms. The van der Waals surface area contributed by atoms with E-state index in [9.17, 15) is 0 Å².